The highest BCUT2D eigenvalue weighted by Crippen LogP contribution is 2.22. The summed E-state index contributed by atoms with van der Waals surface area (Å²) in [5.41, 5.74) is 7.63. The Hall–Kier alpha value is -1.13. The molecule has 1 aliphatic heterocycles. The SMILES string of the molecule is CCc1nc(C)ccc1OCC1CCC(CN)O1. The van der Waals surface area contributed by atoms with Crippen molar-refractivity contribution in [2.24, 2.45) is 5.73 Å². The van der Waals surface area contributed by atoms with Gasteiger partial charge in [0, 0.05) is 12.2 Å². The summed E-state index contributed by atoms with van der Waals surface area (Å²) in [5, 5.41) is 0. The molecule has 0 amide bonds. The maximum Gasteiger partial charge on any atom is 0.140 e. The molecule has 2 N–H and O–H groups in total. The van der Waals surface area contributed by atoms with Gasteiger partial charge in [0.2, 0.25) is 0 Å². The number of rotatable bonds is 5. The van der Waals surface area contributed by atoms with Crippen molar-refractivity contribution in [1.82, 2.24) is 4.98 Å². The maximum atomic E-state index is 5.83. The van der Waals surface area contributed by atoms with Crippen LogP contribution < -0.4 is 10.5 Å². The van der Waals surface area contributed by atoms with Crippen LogP contribution in [0.5, 0.6) is 5.75 Å². The van der Waals surface area contributed by atoms with E-state index in [2.05, 4.69) is 11.9 Å². The first kappa shape index (κ1) is 13.3. The van der Waals surface area contributed by atoms with Crippen LogP contribution in [0.25, 0.3) is 0 Å². The van der Waals surface area contributed by atoms with Gasteiger partial charge in [-0.1, -0.05) is 6.92 Å². The molecule has 0 aliphatic carbocycles. The van der Waals surface area contributed by atoms with E-state index >= 15 is 0 Å². The first-order chi connectivity index (χ1) is 8.72. The van der Waals surface area contributed by atoms with Gasteiger partial charge in [-0.05, 0) is 38.3 Å². The molecule has 100 valence electrons. The third kappa shape index (κ3) is 3.21. The van der Waals surface area contributed by atoms with E-state index in [0.29, 0.717) is 13.2 Å². The molecule has 4 heteroatoms. The van der Waals surface area contributed by atoms with Gasteiger partial charge in [-0.25, -0.2) is 0 Å². The van der Waals surface area contributed by atoms with E-state index in [-0.39, 0.29) is 12.2 Å². The summed E-state index contributed by atoms with van der Waals surface area (Å²) in [6, 6.07) is 3.98. The number of ether oxygens (including phenoxy) is 2. The van der Waals surface area contributed by atoms with Crippen LogP contribution in [0.1, 0.15) is 31.2 Å². The summed E-state index contributed by atoms with van der Waals surface area (Å²) < 4.78 is 11.6. The lowest BCUT2D eigenvalue weighted by Crippen LogP contribution is -2.23. The number of nitrogens with zero attached hydrogens (tertiary/aromatic N) is 1. The minimum Gasteiger partial charge on any atom is -0.489 e. The van der Waals surface area contributed by atoms with Gasteiger partial charge in [0.05, 0.1) is 17.9 Å². The monoisotopic (exact) mass is 250 g/mol. The zero-order valence-corrected chi connectivity index (χ0v) is 11.2. The molecular weight excluding hydrogens is 228 g/mol. The van der Waals surface area contributed by atoms with Crippen LogP contribution in [0, 0.1) is 6.92 Å². The zero-order valence-electron chi connectivity index (χ0n) is 11.2. The maximum absolute atomic E-state index is 5.83. The summed E-state index contributed by atoms with van der Waals surface area (Å²) in [6.45, 7) is 5.27. The number of hydrogen-bond donors (Lipinski definition) is 1. The van der Waals surface area contributed by atoms with E-state index < -0.39 is 0 Å². The van der Waals surface area contributed by atoms with Crippen LogP contribution in [0.4, 0.5) is 0 Å². The number of pyridine rings is 1. The predicted octanol–water partition coefficient (Wildman–Crippen LogP) is 1.84. The number of aromatic nitrogens is 1. The topological polar surface area (TPSA) is 57.4 Å². The highest BCUT2D eigenvalue weighted by Gasteiger charge is 2.24. The van der Waals surface area contributed by atoms with E-state index in [0.717, 1.165) is 36.4 Å². The van der Waals surface area contributed by atoms with Gasteiger partial charge >= 0.3 is 0 Å². The molecule has 1 fully saturated rings. The Morgan fingerprint density at radius 3 is 2.83 bits per heavy atom. The Morgan fingerprint density at radius 1 is 1.39 bits per heavy atom. The molecule has 0 aromatic carbocycles. The van der Waals surface area contributed by atoms with Crippen molar-refractivity contribution in [2.75, 3.05) is 13.2 Å². The van der Waals surface area contributed by atoms with Gasteiger partial charge in [0.15, 0.2) is 0 Å². The van der Waals surface area contributed by atoms with Crippen molar-refractivity contribution in [3.8, 4) is 5.75 Å². The van der Waals surface area contributed by atoms with Crippen LogP contribution in [-0.4, -0.2) is 30.3 Å². The number of nitrogens with two attached hydrogens (primary N) is 1. The molecule has 1 aromatic rings. The van der Waals surface area contributed by atoms with Gasteiger partial charge < -0.3 is 15.2 Å². The van der Waals surface area contributed by atoms with Gasteiger partial charge in [-0.3, -0.25) is 4.98 Å². The van der Waals surface area contributed by atoms with Crippen LogP contribution in [0.3, 0.4) is 0 Å². The standard InChI is InChI=1S/C14H22N2O2/c1-3-13-14(7-4-10(2)16-13)17-9-12-6-5-11(8-15)18-12/h4,7,11-12H,3,5-6,8-9,15H2,1-2H3. The van der Waals surface area contributed by atoms with E-state index in [9.17, 15) is 0 Å². The average molecular weight is 250 g/mol. The van der Waals surface area contributed by atoms with Gasteiger partial charge in [0.1, 0.15) is 12.4 Å². The second kappa shape index (κ2) is 6.16. The molecule has 0 bridgehead atoms. The molecule has 2 unspecified atom stereocenters. The molecule has 0 radical (unpaired) electrons. The number of hydrogen-bond acceptors (Lipinski definition) is 4. The molecule has 2 atom stereocenters. The predicted molar refractivity (Wildman–Crippen MR) is 70.8 cm³/mol. The van der Waals surface area contributed by atoms with Crippen molar-refractivity contribution in [1.29, 1.82) is 0 Å². The Labute approximate surface area is 108 Å². The Balaban J connectivity index is 1.90. The van der Waals surface area contributed by atoms with E-state index in [4.69, 9.17) is 15.2 Å². The molecule has 1 aliphatic rings. The highest BCUT2D eigenvalue weighted by atomic mass is 16.5. The highest BCUT2D eigenvalue weighted by molar-refractivity contribution is 5.29. The van der Waals surface area contributed by atoms with E-state index in [1.807, 2.05) is 19.1 Å². The third-order valence-electron chi connectivity index (χ3n) is 3.29. The van der Waals surface area contributed by atoms with E-state index in [1.54, 1.807) is 0 Å². The van der Waals surface area contributed by atoms with Gasteiger partial charge in [-0.15, -0.1) is 0 Å². The Bertz CT molecular complexity index is 395. The largest absolute Gasteiger partial charge is 0.489 e. The fourth-order valence-corrected chi connectivity index (χ4v) is 2.24. The van der Waals surface area contributed by atoms with Crippen LogP contribution in [-0.2, 0) is 11.2 Å². The van der Waals surface area contributed by atoms with Crippen molar-refractivity contribution in [2.45, 2.75) is 45.3 Å². The molecule has 0 saturated carbocycles. The Morgan fingerprint density at radius 2 is 2.17 bits per heavy atom. The van der Waals surface area contributed by atoms with Crippen LogP contribution in [0.15, 0.2) is 12.1 Å². The summed E-state index contributed by atoms with van der Waals surface area (Å²) in [4.78, 5) is 4.48. The van der Waals surface area contributed by atoms with Crippen LogP contribution in [0.2, 0.25) is 0 Å². The van der Waals surface area contributed by atoms with Crippen molar-refractivity contribution < 1.29 is 9.47 Å². The molecule has 4 nitrogen and oxygen atoms in total. The van der Waals surface area contributed by atoms with Crippen molar-refractivity contribution in [3.63, 3.8) is 0 Å². The second-order valence-corrected chi connectivity index (χ2v) is 4.76. The molecule has 2 heterocycles. The normalized spacial score (nSPS) is 23.3. The van der Waals surface area contributed by atoms with Crippen LogP contribution >= 0.6 is 0 Å². The fourth-order valence-electron chi connectivity index (χ4n) is 2.24. The summed E-state index contributed by atoms with van der Waals surface area (Å²) in [6.07, 6.45) is 3.33. The second-order valence-electron chi connectivity index (χ2n) is 4.76. The molecule has 18 heavy (non-hydrogen) atoms. The van der Waals surface area contributed by atoms with Crippen molar-refractivity contribution in [3.05, 3.63) is 23.5 Å². The minimum atomic E-state index is 0.171. The number of aryl methyl sites for hydroxylation is 2. The van der Waals surface area contributed by atoms with Gasteiger partial charge in [0.25, 0.3) is 0 Å². The smallest absolute Gasteiger partial charge is 0.140 e. The zero-order chi connectivity index (χ0) is 13.0. The lowest BCUT2D eigenvalue weighted by atomic mass is 10.2. The lowest BCUT2D eigenvalue weighted by Gasteiger charge is -2.15. The van der Waals surface area contributed by atoms with Gasteiger partial charge in [-0.2, -0.15) is 0 Å². The van der Waals surface area contributed by atoms with E-state index in [1.165, 1.54) is 0 Å². The minimum absolute atomic E-state index is 0.171. The van der Waals surface area contributed by atoms with Crippen molar-refractivity contribution >= 4 is 0 Å². The first-order valence-corrected chi connectivity index (χ1v) is 6.67. The molecule has 1 aromatic heterocycles. The molecule has 1 saturated heterocycles. The quantitative estimate of drug-likeness (QED) is 0.866. The fraction of sp³-hybridized carbons (Fsp3) is 0.643. The Kier molecular flexibility index (Phi) is 4.55. The molecule has 0 spiro atoms. The molecule has 2 rings (SSSR count). The third-order valence-corrected chi connectivity index (χ3v) is 3.29. The lowest BCUT2D eigenvalue weighted by molar-refractivity contribution is 0.0219. The first-order valence-electron chi connectivity index (χ1n) is 6.67. The molecular formula is C14H22N2O2. The summed E-state index contributed by atoms with van der Waals surface area (Å²) in [7, 11) is 0. The summed E-state index contributed by atoms with van der Waals surface area (Å²) in [5.74, 6) is 0.878. The average Bonchev–Trinajstić information content (AvgIpc) is 2.85. The summed E-state index contributed by atoms with van der Waals surface area (Å²) >= 11 is 0.